The Morgan fingerprint density at radius 2 is 2.36 bits per heavy atom. The van der Waals surface area contributed by atoms with E-state index in [1.165, 1.54) is 5.57 Å². The van der Waals surface area contributed by atoms with Crippen LogP contribution in [0.5, 0.6) is 0 Å². The molecule has 2 aliphatic rings. The van der Waals surface area contributed by atoms with Crippen LogP contribution in [-0.4, -0.2) is 19.0 Å². The zero-order valence-corrected chi connectivity index (χ0v) is 6.88. The molecule has 2 fully saturated rings. The molecule has 62 valence electrons. The van der Waals surface area contributed by atoms with Crippen LogP contribution in [0, 0.1) is 5.92 Å². The van der Waals surface area contributed by atoms with Crippen molar-refractivity contribution in [2.75, 3.05) is 6.61 Å². The van der Waals surface area contributed by atoms with Crippen molar-refractivity contribution in [3.05, 3.63) is 12.2 Å². The Hall–Kier alpha value is -0.340. The fourth-order valence-corrected chi connectivity index (χ4v) is 1.89. The van der Waals surface area contributed by atoms with Gasteiger partial charge in [0.25, 0.3) is 0 Å². The highest BCUT2D eigenvalue weighted by Crippen LogP contribution is 2.36. The molecule has 0 aromatic heterocycles. The van der Waals surface area contributed by atoms with Crippen LogP contribution in [0.3, 0.4) is 0 Å². The summed E-state index contributed by atoms with van der Waals surface area (Å²) in [5, 5.41) is 0. The zero-order chi connectivity index (χ0) is 7.84. The highest BCUT2D eigenvalue weighted by atomic mass is 16.7. The number of hydrogen-bond donors (Lipinski definition) is 0. The van der Waals surface area contributed by atoms with E-state index in [9.17, 15) is 0 Å². The van der Waals surface area contributed by atoms with E-state index in [4.69, 9.17) is 9.47 Å². The van der Waals surface area contributed by atoms with Crippen LogP contribution in [0.15, 0.2) is 12.2 Å². The van der Waals surface area contributed by atoms with E-state index >= 15 is 0 Å². The Bertz CT molecular complexity index is 176. The van der Waals surface area contributed by atoms with E-state index in [2.05, 4.69) is 6.58 Å². The van der Waals surface area contributed by atoms with Crippen LogP contribution >= 0.6 is 0 Å². The van der Waals surface area contributed by atoms with Crippen molar-refractivity contribution in [1.29, 1.82) is 0 Å². The third kappa shape index (κ3) is 1.21. The molecule has 1 saturated carbocycles. The van der Waals surface area contributed by atoms with Gasteiger partial charge in [0.15, 0.2) is 6.29 Å². The van der Waals surface area contributed by atoms with Gasteiger partial charge in [-0.15, -0.1) is 0 Å². The molecule has 1 unspecified atom stereocenters. The van der Waals surface area contributed by atoms with Crippen LogP contribution in [0.2, 0.25) is 0 Å². The van der Waals surface area contributed by atoms with Crippen LogP contribution < -0.4 is 0 Å². The quantitative estimate of drug-likeness (QED) is 0.494. The molecule has 0 spiro atoms. The summed E-state index contributed by atoms with van der Waals surface area (Å²) in [5.74, 6) is 0.478. The van der Waals surface area contributed by atoms with Crippen molar-refractivity contribution in [1.82, 2.24) is 0 Å². The third-order valence-electron chi connectivity index (χ3n) is 2.60. The van der Waals surface area contributed by atoms with Crippen LogP contribution in [0.1, 0.15) is 19.8 Å². The van der Waals surface area contributed by atoms with Gasteiger partial charge in [-0.25, -0.2) is 0 Å². The molecule has 0 amide bonds. The maximum absolute atomic E-state index is 5.60. The lowest BCUT2D eigenvalue weighted by molar-refractivity contribution is -0.214. The van der Waals surface area contributed by atoms with E-state index in [1.807, 2.05) is 6.92 Å². The number of ether oxygens (including phenoxy) is 2. The fourth-order valence-electron chi connectivity index (χ4n) is 1.89. The molecule has 0 aromatic carbocycles. The summed E-state index contributed by atoms with van der Waals surface area (Å²) < 4.78 is 11.0. The smallest absolute Gasteiger partial charge is 0.155 e. The van der Waals surface area contributed by atoms with Crippen LogP contribution in [0.4, 0.5) is 0 Å². The largest absolute Gasteiger partial charge is 0.352 e. The second-order valence-electron chi connectivity index (χ2n) is 3.38. The minimum Gasteiger partial charge on any atom is -0.352 e. The summed E-state index contributed by atoms with van der Waals surface area (Å²) >= 11 is 0. The Morgan fingerprint density at radius 3 is 3.18 bits per heavy atom. The van der Waals surface area contributed by atoms with E-state index in [0.717, 1.165) is 19.4 Å². The molecule has 1 aliphatic carbocycles. The summed E-state index contributed by atoms with van der Waals surface area (Å²) in [6.07, 6.45) is 2.64. The lowest BCUT2D eigenvalue weighted by Crippen LogP contribution is -2.35. The molecule has 1 heterocycles. The molecule has 11 heavy (non-hydrogen) atoms. The van der Waals surface area contributed by atoms with Crippen molar-refractivity contribution in [2.24, 2.45) is 5.92 Å². The van der Waals surface area contributed by atoms with Crippen molar-refractivity contribution in [3.63, 3.8) is 0 Å². The summed E-state index contributed by atoms with van der Waals surface area (Å²) in [5.41, 5.74) is 1.31. The molecule has 1 saturated heterocycles. The van der Waals surface area contributed by atoms with Gasteiger partial charge in [-0.2, -0.15) is 0 Å². The van der Waals surface area contributed by atoms with Gasteiger partial charge < -0.3 is 9.47 Å². The molecule has 0 aromatic rings. The first-order valence-electron chi connectivity index (χ1n) is 4.22. The Labute approximate surface area is 67.2 Å². The van der Waals surface area contributed by atoms with E-state index in [-0.39, 0.29) is 6.29 Å². The molecule has 0 radical (unpaired) electrons. The fraction of sp³-hybridized carbons (Fsp3) is 0.778. The van der Waals surface area contributed by atoms with Gasteiger partial charge in [-0.3, -0.25) is 0 Å². The molecule has 0 bridgehead atoms. The van der Waals surface area contributed by atoms with Crippen molar-refractivity contribution < 1.29 is 9.47 Å². The first-order chi connectivity index (χ1) is 5.27. The van der Waals surface area contributed by atoms with Crippen LogP contribution in [-0.2, 0) is 9.47 Å². The highest BCUT2D eigenvalue weighted by Gasteiger charge is 2.36. The standard InChI is InChI=1S/C9H14O2/c1-6-3-4-9-8(6)5-10-7(2)11-9/h7-9H,1,3-5H2,2H3/t7?,8-,9-/m0/s1. The second-order valence-corrected chi connectivity index (χ2v) is 3.38. The van der Waals surface area contributed by atoms with E-state index < -0.39 is 0 Å². The van der Waals surface area contributed by atoms with Gasteiger partial charge >= 0.3 is 0 Å². The van der Waals surface area contributed by atoms with Gasteiger partial charge in [0.05, 0.1) is 12.7 Å². The second kappa shape index (κ2) is 2.61. The molecule has 2 rings (SSSR count). The molecule has 1 aliphatic heterocycles. The SMILES string of the molecule is C=C1CC[C@@H]2OC(C)OC[C@@H]12. The average Bonchev–Trinajstić information content (AvgIpc) is 2.32. The average molecular weight is 154 g/mol. The first-order valence-corrected chi connectivity index (χ1v) is 4.22. The molecule has 3 atom stereocenters. The van der Waals surface area contributed by atoms with Crippen LogP contribution in [0.25, 0.3) is 0 Å². The Balaban J connectivity index is 2.06. The molecular weight excluding hydrogens is 140 g/mol. The Morgan fingerprint density at radius 1 is 1.55 bits per heavy atom. The predicted molar refractivity (Wildman–Crippen MR) is 42.2 cm³/mol. The first kappa shape index (κ1) is 7.32. The molecular formula is C9H14O2. The minimum atomic E-state index is -0.0119. The normalized spacial score (nSPS) is 44.1. The number of hydrogen-bond acceptors (Lipinski definition) is 2. The number of rotatable bonds is 0. The lowest BCUT2D eigenvalue weighted by atomic mass is 10.0. The van der Waals surface area contributed by atoms with Gasteiger partial charge in [-0.05, 0) is 19.8 Å². The van der Waals surface area contributed by atoms with Gasteiger partial charge in [0, 0.05) is 5.92 Å². The lowest BCUT2D eigenvalue weighted by Gasteiger charge is -2.30. The van der Waals surface area contributed by atoms with Gasteiger partial charge in [-0.1, -0.05) is 12.2 Å². The highest BCUT2D eigenvalue weighted by molar-refractivity contribution is 5.10. The maximum atomic E-state index is 5.60. The topological polar surface area (TPSA) is 18.5 Å². The van der Waals surface area contributed by atoms with Crippen molar-refractivity contribution in [3.8, 4) is 0 Å². The summed E-state index contributed by atoms with van der Waals surface area (Å²) in [6, 6.07) is 0. The monoisotopic (exact) mass is 154 g/mol. The molecule has 2 nitrogen and oxygen atoms in total. The summed E-state index contributed by atoms with van der Waals surface area (Å²) in [6.45, 7) is 6.77. The van der Waals surface area contributed by atoms with Gasteiger partial charge in [0.1, 0.15) is 0 Å². The summed E-state index contributed by atoms with van der Waals surface area (Å²) in [7, 11) is 0. The number of fused-ring (bicyclic) bond motifs is 1. The zero-order valence-electron chi connectivity index (χ0n) is 6.88. The molecule has 2 heteroatoms. The predicted octanol–water partition coefficient (Wildman–Crippen LogP) is 1.71. The third-order valence-corrected chi connectivity index (χ3v) is 2.60. The van der Waals surface area contributed by atoms with Gasteiger partial charge in [0.2, 0.25) is 0 Å². The maximum Gasteiger partial charge on any atom is 0.155 e. The van der Waals surface area contributed by atoms with Crippen molar-refractivity contribution >= 4 is 0 Å². The minimum absolute atomic E-state index is 0.0119. The van der Waals surface area contributed by atoms with E-state index in [0.29, 0.717) is 12.0 Å². The summed E-state index contributed by atoms with van der Waals surface area (Å²) in [4.78, 5) is 0. The van der Waals surface area contributed by atoms with Crippen molar-refractivity contribution in [2.45, 2.75) is 32.2 Å². The molecule has 0 N–H and O–H groups in total. The Kier molecular flexibility index (Phi) is 1.74. The van der Waals surface area contributed by atoms with E-state index in [1.54, 1.807) is 0 Å².